The van der Waals surface area contributed by atoms with Crippen LogP contribution in [0.15, 0.2) is 108 Å². The van der Waals surface area contributed by atoms with E-state index in [-0.39, 0.29) is 61.0 Å². The van der Waals surface area contributed by atoms with Gasteiger partial charge in [-0.1, -0.05) is 63.7 Å². The number of anilines is 3. The van der Waals surface area contributed by atoms with Crippen molar-refractivity contribution in [3.8, 4) is 34.0 Å². The summed E-state index contributed by atoms with van der Waals surface area (Å²) in [5.74, 6) is -2.24. The van der Waals surface area contributed by atoms with E-state index in [4.69, 9.17) is 19.4 Å². The normalized spacial score (nSPS) is 14.9. The number of rotatable bonds is 18. The van der Waals surface area contributed by atoms with Crippen LogP contribution in [0.25, 0.3) is 50.4 Å². The summed E-state index contributed by atoms with van der Waals surface area (Å²) >= 11 is 0. The predicted octanol–water partition coefficient (Wildman–Crippen LogP) is 9.35. The second kappa shape index (κ2) is 22.8. The second-order valence-corrected chi connectivity index (χ2v) is 21.6. The number of nitrogens with one attached hydrogen (secondary N) is 2. The Morgan fingerprint density at radius 1 is 0.924 bits per heavy atom. The highest BCUT2D eigenvalue weighted by molar-refractivity contribution is 7.93. The molecular weight excluding hydrogens is 1040 g/mol. The highest BCUT2D eigenvalue weighted by Gasteiger charge is 2.39. The summed E-state index contributed by atoms with van der Waals surface area (Å²) in [5, 5.41) is 17.2. The number of imidazole rings is 1. The number of phenolic OH excluding ortho intramolecular Hbond substituents is 1. The lowest BCUT2D eigenvalue weighted by Gasteiger charge is -2.40. The van der Waals surface area contributed by atoms with Crippen LogP contribution in [-0.2, 0) is 26.0 Å². The molecule has 20 nitrogen and oxygen atoms in total. The van der Waals surface area contributed by atoms with Gasteiger partial charge in [0.2, 0.25) is 16.0 Å². The number of aromatic nitrogens is 9. The average Bonchev–Trinajstić information content (AvgIpc) is 3.98. The molecule has 79 heavy (non-hydrogen) atoms. The minimum Gasteiger partial charge on any atom is -0.507 e. The van der Waals surface area contributed by atoms with Gasteiger partial charge in [-0.05, 0) is 87.6 Å². The number of benzene rings is 2. The highest BCUT2D eigenvalue weighted by Crippen LogP contribution is 2.38. The van der Waals surface area contributed by atoms with E-state index >= 15 is 13.2 Å². The van der Waals surface area contributed by atoms with Gasteiger partial charge >= 0.3 is 11.8 Å². The van der Waals surface area contributed by atoms with Crippen molar-refractivity contribution in [3.63, 3.8) is 0 Å². The van der Waals surface area contributed by atoms with Crippen LogP contribution in [0.2, 0.25) is 0 Å². The molecule has 1 aliphatic rings. The van der Waals surface area contributed by atoms with Gasteiger partial charge in [0.1, 0.15) is 34.6 Å². The van der Waals surface area contributed by atoms with E-state index in [1.807, 2.05) is 81.7 Å². The van der Waals surface area contributed by atoms with Gasteiger partial charge in [0.15, 0.2) is 28.4 Å². The molecule has 24 heteroatoms. The van der Waals surface area contributed by atoms with Gasteiger partial charge in [-0.15, -0.1) is 0 Å². The number of sulfonamides is 1. The summed E-state index contributed by atoms with van der Waals surface area (Å²) in [7, 11) is -4.71. The largest absolute Gasteiger partial charge is 0.511 e. The molecule has 9 rings (SSSR count). The third kappa shape index (κ3) is 11.3. The molecule has 0 radical (unpaired) electrons. The standard InChI is InChI=1S/C55H58F3N13O7S/c1-9-37(63-53-65-49(46-52(66-53)70(29-62-46)31(4)5)61-26-35-16-18-36(19-17-35)41-14-10-11-21-59-41)28-77-55(74)78-48(58)34(8)79(75,76)68-23-24-69(33(7)27-68)50-38-25-40(57)45(43-39(56)13-12-15-42(43)72)64-51(38)71(54(73)67-50)47-32(6)20-22-60-44(47)30(2)3/h10-22,25,29-31,33,37,48,72H,8-9,23-24,26-28H2,1-7H3,(H2,61,63,65,66)/t33-,37+,48?/m0/s1. The molecule has 7 heterocycles. The molecule has 1 unspecified atom stereocenters. The molecule has 8 aromatic rings. The maximum atomic E-state index is 16.3. The lowest BCUT2D eigenvalue weighted by Crippen LogP contribution is -2.54. The molecule has 0 aliphatic carbocycles. The molecule has 1 saturated heterocycles. The summed E-state index contributed by atoms with van der Waals surface area (Å²) in [6.45, 7) is 15.6. The Kier molecular flexibility index (Phi) is 16.0. The smallest absolute Gasteiger partial charge is 0.507 e. The van der Waals surface area contributed by atoms with Gasteiger partial charge in [0.25, 0.3) is 6.36 Å². The highest BCUT2D eigenvalue weighted by atomic mass is 32.2. The van der Waals surface area contributed by atoms with Crippen molar-refractivity contribution in [2.45, 2.75) is 91.8 Å². The van der Waals surface area contributed by atoms with Gasteiger partial charge in [0.05, 0.1) is 40.4 Å². The number of phenols is 1. The summed E-state index contributed by atoms with van der Waals surface area (Å²) in [6, 6.07) is 18.4. The van der Waals surface area contributed by atoms with Crippen molar-refractivity contribution < 1.29 is 41.0 Å². The Hall–Kier alpha value is -8.51. The number of fused-ring (bicyclic) bond motifs is 2. The summed E-state index contributed by atoms with van der Waals surface area (Å²) in [5.41, 5.74) is 3.20. The number of halogens is 3. The number of nitrogens with zero attached hydrogens (tertiary/aromatic N) is 11. The first kappa shape index (κ1) is 55.3. The molecule has 2 aromatic carbocycles. The fourth-order valence-corrected chi connectivity index (χ4v) is 10.6. The van der Waals surface area contributed by atoms with Crippen LogP contribution in [-0.4, -0.2) is 113 Å². The quantitative estimate of drug-likeness (QED) is 0.0678. The number of ether oxygens (including phenoxy) is 2. The van der Waals surface area contributed by atoms with Gasteiger partial charge in [0, 0.05) is 56.2 Å². The number of aryl methyl sites for hydroxylation is 1. The second-order valence-electron chi connectivity index (χ2n) is 19.6. The molecule has 0 amide bonds. The molecule has 3 atom stereocenters. The van der Waals surface area contributed by atoms with E-state index in [9.17, 15) is 23.1 Å². The van der Waals surface area contributed by atoms with Crippen molar-refractivity contribution in [3.05, 3.63) is 142 Å². The number of alkyl halides is 1. The van der Waals surface area contributed by atoms with Crippen molar-refractivity contribution in [2.24, 2.45) is 0 Å². The van der Waals surface area contributed by atoms with E-state index in [2.05, 4.69) is 42.1 Å². The Morgan fingerprint density at radius 3 is 2.38 bits per heavy atom. The lowest BCUT2D eigenvalue weighted by atomic mass is 10.0. The van der Waals surface area contributed by atoms with E-state index in [0.717, 1.165) is 37.8 Å². The van der Waals surface area contributed by atoms with Crippen LogP contribution >= 0.6 is 0 Å². The number of piperazine rings is 1. The minimum atomic E-state index is -4.71. The molecule has 0 bridgehead atoms. The van der Waals surface area contributed by atoms with Crippen LogP contribution in [0.3, 0.4) is 0 Å². The minimum absolute atomic E-state index is 0.00253. The fourth-order valence-electron chi connectivity index (χ4n) is 9.27. The zero-order valence-electron chi connectivity index (χ0n) is 44.4. The predicted molar refractivity (Wildman–Crippen MR) is 293 cm³/mol. The fraction of sp³-hybridized carbons (Fsp3) is 0.327. The molecule has 1 fully saturated rings. The van der Waals surface area contributed by atoms with Crippen molar-refractivity contribution in [1.82, 2.24) is 48.3 Å². The van der Waals surface area contributed by atoms with Crippen molar-refractivity contribution in [2.75, 3.05) is 41.8 Å². The summed E-state index contributed by atoms with van der Waals surface area (Å²) in [6.07, 6.45) is 1.03. The Labute approximate surface area is 453 Å². The number of aromatic hydroxyl groups is 1. The van der Waals surface area contributed by atoms with Gasteiger partial charge < -0.3 is 34.7 Å². The Balaban J connectivity index is 0.874. The van der Waals surface area contributed by atoms with Gasteiger partial charge in [-0.3, -0.25) is 9.97 Å². The number of hydrogen-bond donors (Lipinski definition) is 3. The van der Waals surface area contributed by atoms with Crippen LogP contribution in [0, 0.1) is 18.6 Å². The van der Waals surface area contributed by atoms with Crippen molar-refractivity contribution >= 4 is 56.0 Å². The maximum Gasteiger partial charge on any atom is 0.511 e. The van der Waals surface area contributed by atoms with Crippen LogP contribution in [0.4, 0.5) is 35.5 Å². The monoisotopic (exact) mass is 1100 g/mol. The Bertz CT molecular complexity index is 3750. The zero-order valence-corrected chi connectivity index (χ0v) is 45.2. The molecule has 0 spiro atoms. The molecule has 3 N–H and O–H groups in total. The third-order valence-corrected chi connectivity index (χ3v) is 15.4. The first-order chi connectivity index (χ1) is 37.7. The topological polar surface area (TPSA) is 238 Å². The number of hydrogen-bond acceptors (Lipinski definition) is 17. The maximum absolute atomic E-state index is 16.3. The SMILES string of the molecule is C=C(C(F)OC(=O)OC[C@@H](CC)Nc1nc(NCc2ccc(-c3ccccn3)cc2)c2ncn(C(C)C)c2n1)S(=O)(=O)N1CCN(c2nc(=O)n(-c3c(C)ccnc3C(C)C)c3nc(-c4c(O)cccc4F)c(F)cc23)[C@@H](C)C1. The van der Waals surface area contributed by atoms with Crippen LogP contribution in [0.1, 0.15) is 76.7 Å². The molecular formula is C55H58F3N13O7S. The van der Waals surface area contributed by atoms with Gasteiger partial charge in [-0.25, -0.2) is 41.3 Å². The van der Waals surface area contributed by atoms with Crippen LogP contribution < -0.4 is 21.2 Å². The first-order valence-electron chi connectivity index (χ1n) is 25.5. The molecule has 412 valence electrons. The zero-order chi connectivity index (χ0) is 56.4. The number of carbonyl (C=O) groups is 1. The van der Waals surface area contributed by atoms with Gasteiger partial charge in [-0.2, -0.15) is 23.6 Å². The summed E-state index contributed by atoms with van der Waals surface area (Å²) < 4.78 is 89.4. The van der Waals surface area contributed by atoms with Crippen LogP contribution in [0.5, 0.6) is 5.75 Å². The van der Waals surface area contributed by atoms with E-state index < -0.39 is 73.9 Å². The first-order valence-corrected chi connectivity index (χ1v) is 26.9. The van der Waals surface area contributed by atoms with Crippen molar-refractivity contribution in [1.29, 1.82) is 0 Å². The Morgan fingerprint density at radius 2 is 1.70 bits per heavy atom. The number of carbonyl (C=O) groups excluding carboxylic acids is 1. The number of pyridine rings is 3. The lowest BCUT2D eigenvalue weighted by molar-refractivity contribution is -0.0107. The third-order valence-electron chi connectivity index (χ3n) is 13.5. The van der Waals surface area contributed by atoms with E-state index in [1.165, 1.54) is 12.1 Å². The molecule has 6 aromatic heterocycles. The van der Waals surface area contributed by atoms with E-state index in [1.54, 1.807) is 43.5 Å². The van der Waals surface area contributed by atoms with E-state index in [0.29, 0.717) is 46.9 Å². The summed E-state index contributed by atoms with van der Waals surface area (Å²) in [4.78, 5) is 59.7. The molecule has 1 aliphatic heterocycles. The average molecular weight is 1100 g/mol. The molecule has 0 saturated carbocycles.